The fourth-order valence-corrected chi connectivity index (χ4v) is 2.79. The van der Waals surface area contributed by atoms with Crippen LogP contribution in [0.2, 0.25) is 0 Å². The Kier molecular flexibility index (Phi) is 6.54. The van der Waals surface area contributed by atoms with Crippen molar-refractivity contribution >= 4 is 33.2 Å². The number of hydrogen-bond acceptors (Lipinski definition) is 5. The first-order valence-electron chi connectivity index (χ1n) is 8.15. The van der Waals surface area contributed by atoms with E-state index in [1.807, 2.05) is 31.1 Å². The predicted octanol–water partition coefficient (Wildman–Crippen LogP) is 0.697. The molecule has 9 heteroatoms. The van der Waals surface area contributed by atoms with Crippen molar-refractivity contribution in [3.8, 4) is 0 Å². The summed E-state index contributed by atoms with van der Waals surface area (Å²) in [4.78, 5) is 25.7. The molecule has 2 aromatic rings. The van der Waals surface area contributed by atoms with Crippen molar-refractivity contribution in [2.45, 2.75) is 11.3 Å². The molecule has 0 radical (unpaired) electrons. The van der Waals surface area contributed by atoms with Crippen LogP contribution in [0.3, 0.4) is 0 Å². The van der Waals surface area contributed by atoms with Gasteiger partial charge in [0.25, 0.3) is 0 Å². The fourth-order valence-electron chi connectivity index (χ4n) is 2.28. The monoisotopic (exact) mass is 390 g/mol. The van der Waals surface area contributed by atoms with Crippen LogP contribution in [0.5, 0.6) is 0 Å². The van der Waals surface area contributed by atoms with E-state index in [1.54, 1.807) is 24.3 Å². The molecule has 0 spiro atoms. The summed E-state index contributed by atoms with van der Waals surface area (Å²) in [6.07, 6.45) is 0.446. The lowest BCUT2D eigenvalue weighted by atomic mass is 10.1. The Balaban J connectivity index is 1.82. The Hall–Kier alpha value is -2.91. The van der Waals surface area contributed by atoms with Gasteiger partial charge in [-0.05, 0) is 48.4 Å². The molecule has 144 valence electrons. The summed E-state index contributed by atoms with van der Waals surface area (Å²) >= 11 is 0. The van der Waals surface area contributed by atoms with E-state index in [9.17, 15) is 18.0 Å². The highest BCUT2D eigenvalue weighted by Crippen LogP contribution is 2.15. The van der Waals surface area contributed by atoms with Crippen molar-refractivity contribution in [3.05, 3.63) is 54.1 Å². The number of carbonyl (C=O) groups excluding carboxylic acids is 2. The molecule has 0 atom stereocenters. The van der Waals surface area contributed by atoms with E-state index in [0.717, 1.165) is 11.3 Å². The lowest BCUT2D eigenvalue weighted by molar-refractivity contribution is -0.136. The van der Waals surface area contributed by atoms with Crippen molar-refractivity contribution in [3.63, 3.8) is 0 Å². The van der Waals surface area contributed by atoms with Crippen molar-refractivity contribution in [1.29, 1.82) is 0 Å². The van der Waals surface area contributed by atoms with Crippen molar-refractivity contribution < 1.29 is 18.0 Å². The normalized spacial score (nSPS) is 10.9. The van der Waals surface area contributed by atoms with Gasteiger partial charge in [0, 0.05) is 32.0 Å². The third kappa shape index (κ3) is 6.08. The molecule has 2 aromatic carbocycles. The summed E-state index contributed by atoms with van der Waals surface area (Å²) in [6, 6.07) is 13.1. The molecule has 0 saturated carbocycles. The van der Waals surface area contributed by atoms with E-state index in [4.69, 9.17) is 5.14 Å². The second-order valence-electron chi connectivity index (χ2n) is 6.09. The Morgan fingerprint density at radius 3 is 2.07 bits per heavy atom. The van der Waals surface area contributed by atoms with Crippen LogP contribution in [-0.4, -0.2) is 40.9 Å². The van der Waals surface area contributed by atoms with Crippen LogP contribution >= 0.6 is 0 Å². The minimum absolute atomic E-state index is 0.0231. The highest BCUT2D eigenvalue weighted by Gasteiger charge is 2.13. The maximum absolute atomic E-state index is 11.9. The molecular weight excluding hydrogens is 368 g/mol. The number of nitrogens with two attached hydrogens (primary N) is 1. The van der Waals surface area contributed by atoms with Gasteiger partial charge in [0.1, 0.15) is 0 Å². The first-order valence-corrected chi connectivity index (χ1v) is 9.70. The molecule has 8 nitrogen and oxygen atoms in total. The van der Waals surface area contributed by atoms with E-state index >= 15 is 0 Å². The van der Waals surface area contributed by atoms with Gasteiger partial charge >= 0.3 is 11.8 Å². The number of nitrogens with zero attached hydrogens (tertiary/aromatic N) is 1. The van der Waals surface area contributed by atoms with Gasteiger partial charge in [-0.3, -0.25) is 9.59 Å². The fraction of sp³-hybridized carbons (Fsp3) is 0.222. The van der Waals surface area contributed by atoms with Crippen LogP contribution in [0.4, 0.5) is 11.4 Å². The van der Waals surface area contributed by atoms with Crippen LogP contribution < -0.4 is 20.7 Å². The summed E-state index contributed by atoms with van der Waals surface area (Å²) in [6.45, 7) is 0.237. The van der Waals surface area contributed by atoms with Crippen molar-refractivity contribution in [1.82, 2.24) is 5.32 Å². The highest BCUT2D eigenvalue weighted by atomic mass is 32.2. The third-order valence-corrected chi connectivity index (χ3v) is 4.73. The summed E-state index contributed by atoms with van der Waals surface area (Å²) in [5.74, 6) is -1.50. The molecule has 2 rings (SSSR count). The number of nitrogens with one attached hydrogen (secondary N) is 2. The van der Waals surface area contributed by atoms with Crippen molar-refractivity contribution in [2.75, 3.05) is 30.9 Å². The van der Waals surface area contributed by atoms with E-state index in [2.05, 4.69) is 10.6 Å². The zero-order valence-corrected chi connectivity index (χ0v) is 15.9. The van der Waals surface area contributed by atoms with Gasteiger partial charge in [-0.1, -0.05) is 12.1 Å². The molecule has 0 aliphatic rings. The largest absolute Gasteiger partial charge is 0.378 e. The lowest BCUT2D eigenvalue weighted by Crippen LogP contribution is -2.36. The Morgan fingerprint density at radius 2 is 1.56 bits per heavy atom. The van der Waals surface area contributed by atoms with Crippen LogP contribution in [0.15, 0.2) is 53.4 Å². The topological polar surface area (TPSA) is 122 Å². The van der Waals surface area contributed by atoms with E-state index in [1.165, 1.54) is 12.1 Å². The van der Waals surface area contributed by atoms with Crippen LogP contribution in [0.1, 0.15) is 5.56 Å². The quantitative estimate of drug-likeness (QED) is 0.627. The molecular formula is C18H22N4O4S. The smallest absolute Gasteiger partial charge is 0.313 e. The van der Waals surface area contributed by atoms with Crippen molar-refractivity contribution in [2.24, 2.45) is 5.14 Å². The van der Waals surface area contributed by atoms with Gasteiger partial charge in [0.05, 0.1) is 4.90 Å². The molecule has 0 unspecified atom stereocenters. The Bertz CT molecular complexity index is 907. The number of carbonyl (C=O) groups is 2. The average Bonchev–Trinajstić information content (AvgIpc) is 2.61. The zero-order chi connectivity index (χ0) is 20.0. The number of primary sulfonamides is 1. The lowest BCUT2D eigenvalue weighted by Gasteiger charge is -2.13. The molecule has 0 aliphatic heterocycles. The minimum Gasteiger partial charge on any atom is -0.378 e. The molecule has 4 N–H and O–H groups in total. The van der Waals surface area contributed by atoms with Gasteiger partial charge in [0.2, 0.25) is 10.0 Å². The number of anilines is 2. The van der Waals surface area contributed by atoms with Gasteiger partial charge < -0.3 is 15.5 Å². The number of benzene rings is 2. The van der Waals surface area contributed by atoms with Crippen LogP contribution in [-0.2, 0) is 26.0 Å². The van der Waals surface area contributed by atoms with Crippen LogP contribution in [0, 0.1) is 0 Å². The third-order valence-electron chi connectivity index (χ3n) is 3.80. The van der Waals surface area contributed by atoms with Crippen LogP contribution in [0.25, 0.3) is 0 Å². The molecule has 0 fully saturated rings. The van der Waals surface area contributed by atoms with Gasteiger partial charge in [-0.25, -0.2) is 13.6 Å². The first kappa shape index (κ1) is 20.4. The summed E-state index contributed by atoms with van der Waals surface area (Å²) in [5, 5.41) is 10.1. The maximum Gasteiger partial charge on any atom is 0.313 e. The first-order chi connectivity index (χ1) is 12.7. The zero-order valence-electron chi connectivity index (χ0n) is 15.1. The van der Waals surface area contributed by atoms with E-state index in [0.29, 0.717) is 12.1 Å². The highest BCUT2D eigenvalue weighted by molar-refractivity contribution is 7.89. The van der Waals surface area contributed by atoms with E-state index < -0.39 is 21.8 Å². The van der Waals surface area contributed by atoms with Gasteiger partial charge in [0.15, 0.2) is 0 Å². The summed E-state index contributed by atoms with van der Waals surface area (Å²) < 4.78 is 22.4. The van der Waals surface area contributed by atoms with Gasteiger partial charge in [-0.2, -0.15) is 0 Å². The average molecular weight is 390 g/mol. The molecule has 27 heavy (non-hydrogen) atoms. The number of rotatable bonds is 6. The standard InChI is InChI=1S/C18H22N4O4S/c1-22(2)15-7-5-14(6-8-15)21-18(24)17(23)20-12-11-13-3-9-16(10-4-13)27(19,25)26/h3-10H,11-12H2,1-2H3,(H,20,23)(H,21,24)(H2,19,25,26). The maximum atomic E-state index is 11.9. The Labute approximate surface area is 158 Å². The molecule has 2 amide bonds. The molecule has 0 saturated heterocycles. The molecule has 0 heterocycles. The SMILES string of the molecule is CN(C)c1ccc(NC(=O)C(=O)NCCc2ccc(S(N)(=O)=O)cc2)cc1. The molecule has 0 aliphatic carbocycles. The second-order valence-corrected chi connectivity index (χ2v) is 7.65. The summed E-state index contributed by atoms with van der Waals surface area (Å²) in [7, 11) is 0.0851. The number of sulfonamides is 1. The molecule has 0 bridgehead atoms. The predicted molar refractivity (Wildman–Crippen MR) is 104 cm³/mol. The Morgan fingerprint density at radius 1 is 0.963 bits per heavy atom. The minimum atomic E-state index is -3.73. The molecule has 0 aromatic heterocycles. The van der Waals surface area contributed by atoms with Gasteiger partial charge in [-0.15, -0.1) is 0 Å². The number of hydrogen-bond donors (Lipinski definition) is 3. The second kappa shape index (κ2) is 8.65. The summed E-state index contributed by atoms with van der Waals surface area (Å²) in [5.41, 5.74) is 2.31. The number of amides is 2. The van der Waals surface area contributed by atoms with E-state index in [-0.39, 0.29) is 11.4 Å².